The molecule has 2 aromatic heterocycles. The zero-order valence-corrected chi connectivity index (χ0v) is 8.45. The molecule has 1 N–H and O–H groups in total. The summed E-state index contributed by atoms with van der Waals surface area (Å²) in [6, 6.07) is 1.84. The summed E-state index contributed by atoms with van der Waals surface area (Å²) in [6.07, 6.45) is 1.70. The molecular weight excluding hydrogens is 204 g/mol. The topological polar surface area (TPSA) is 54.5 Å². The predicted octanol–water partition coefficient (Wildman–Crippen LogP) is 1.97. The molecule has 0 aliphatic rings. The maximum atomic E-state index is 4.89. The Labute approximate surface area is 83.9 Å². The summed E-state index contributed by atoms with van der Waals surface area (Å²) in [4.78, 5) is 12.4. The van der Waals surface area contributed by atoms with E-state index in [2.05, 4.69) is 19.3 Å². The monoisotopic (exact) mass is 210 g/mol. The summed E-state index contributed by atoms with van der Waals surface area (Å²) in [5.74, 6) is 1.23. The normalized spacial score (nSPS) is 10.2. The third-order valence-electron chi connectivity index (χ3n) is 1.44. The highest BCUT2D eigenvalue weighted by Gasteiger charge is 2.03. The third-order valence-corrected chi connectivity index (χ3v) is 2.35. The fraction of sp³-hybridized carbons (Fsp3) is 0.143. The molecule has 0 bridgehead atoms. The van der Waals surface area contributed by atoms with Gasteiger partial charge in [-0.3, -0.25) is 4.37 Å². The van der Waals surface area contributed by atoms with Crippen molar-refractivity contribution in [2.45, 2.75) is 6.92 Å². The second-order valence-corrected chi connectivity index (χ2v) is 3.89. The Hall–Kier alpha value is -1.14. The number of aryl methyl sites for hydroxylation is 1. The average molecular weight is 210 g/mol. The molecule has 0 spiro atoms. The molecule has 0 aromatic carbocycles. The van der Waals surface area contributed by atoms with E-state index in [1.54, 1.807) is 6.20 Å². The van der Waals surface area contributed by atoms with Gasteiger partial charge in [0.05, 0.1) is 0 Å². The smallest absolute Gasteiger partial charge is 0.198 e. The molecule has 2 rings (SSSR count). The van der Waals surface area contributed by atoms with Crippen LogP contribution in [0, 0.1) is 10.9 Å². The molecule has 0 radical (unpaired) electrons. The number of nitrogens with one attached hydrogen (secondary N) is 1. The maximum absolute atomic E-state index is 4.89. The maximum Gasteiger partial charge on any atom is 0.198 e. The van der Waals surface area contributed by atoms with Crippen LogP contribution in [0.5, 0.6) is 0 Å². The van der Waals surface area contributed by atoms with Crippen LogP contribution < -0.4 is 0 Å². The van der Waals surface area contributed by atoms with Crippen LogP contribution in [0.3, 0.4) is 0 Å². The van der Waals surface area contributed by atoms with Crippen molar-refractivity contribution < 1.29 is 0 Å². The molecule has 0 aliphatic heterocycles. The van der Waals surface area contributed by atoms with E-state index in [0.717, 1.165) is 5.69 Å². The largest absolute Gasteiger partial charge is 0.290 e. The van der Waals surface area contributed by atoms with Gasteiger partial charge in [-0.1, -0.05) is 0 Å². The van der Waals surface area contributed by atoms with Crippen LogP contribution in [0.25, 0.3) is 11.6 Å². The molecule has 0 fully saturated rings. The zero-order valence-electron chi connectivity index (χ0n) is 6.81. The molecule has 0 saturated carbocycles. The summed E-state index contributed by atoms with van der Waals surface area (Å²) < 4.78 is 3.52. The first-order chi connectivity index (χ1) is 6.25. The Morgan fingerprint density at radius 1 is 1.46 bits per heavy atom. The van der Waals surface area contributed by atoms with Crippen LogP contribution in [0.2, 0.25) is 0 Å². The van der Waals surface area contributed by atoms with Gasteiger partial charge in [-0.15, -0.1) is 0 Å². The fourth-order valence-corrected chi connectivity index (χ4v) is 1.56. The van der Waals surface area contributed by atoms with E-state index < -0.39 is 0 Å². The van der Waals surface area contributed by atoms with Crippen LogP contribution in [0.4, 0.5) is 0 Å². The average Bonchev–Trinajstić information content (AvgIpc) is 2.52. The van der Waals surface area contributed by atoms with Crippen LogP contribution in [0.1, 0.15) is 5.69 Å². The van der Waals surface area contributed by atoms with E-state index >= 15 is 0 Å². The van der Waals surface area contributed by atoms with Crippen LogP contribution in [-0.4, -0.2) is 19.3 Å². The van der Waals surface area contributed by atoms with Crippen molar-refractivity contribution in [3.63, 3.8) is 0 Å². The van der Waals surface area contributed by atoms with Crippen molar-refractivity contribution in [3.8, 4) is 11.6 Å². The number of nitrogens with zero attached hydrogens (tertiary/aromatic N) is 3. The quantitative estimate of drug-likeness (QED) is 0.731. The SMILES string of the molecule is Cc1ccnc(-c2nc(=S)s[nH]2)n1. The summed E-state index contributed by atoms with van der Waals surface area (Å²) in [5, 5.41) is 0. The first-order valence-electron chi connectivity index (χ1n) is 3.61. The van der Waals surface area contributed by atoms with E-state index in [4.69, 9.17) is 12.2 Å². The summed E-state index contributed by atoms with van der Waals surface area (Å²) >= 11 is 6.19. The van der Waals surface area contributed by atoms with Crippen molar-refractivity contribution in [3.05, 3.63) is 21.9 Å². The lowest BCUT2D eigenvalue weighted by atomic mass is 10.4. The van der Waals surface area contributed by atoms with Crippen molar-refractivity contribution in [1.82, 2.24) is 19.3 Å². The molecule has 0 unspecified atom stereocenters. The Morgan fingerprint density at radius 2 is 2.31 bits per heavy atom. The molecule has 4 nitrogen and oxygen atoms in total. The predicted molar refractivity (Wildman–Crippen MR) is 53.1 cm³/mol. The fourth-order valence-electron chi connectivity index (χ4n) is 0.888. The lowest BCUT2D eigenvalue weighted by Gasteiger charge is -1.94. The van der Waals surface area contributed by atoms with Gasteiger partial charge in [0, 0.05) is 11.9 Å². The molecule has 0 atom stereocenters. The lowest BCUT2D eigenvalue weighted by Crippen LogP contribution is -1.91. The lowest BCUT2D eigenvalue weighted by molar-refractivity contribution is 1.08. The van der Waals surface area contributed by atoms with Gasteiger partial charge in [0.25, 0.3) is 0 Å². The van der Waals surface area contributed by atoms with E-state index in [0.29, 0.717) is 15.6 Å². The molecule has 13 heavy (non-hydrogen) atoms. The summed E-state index contributed by atoms with van der Waals surface area (Å²) in [5.41, 5.74) is 0.914. The van der Waals surface area contributed by atoms with Gasteiger partial charge in [-0.25, -0.2) is 15.0 Å². The van der Waals surface area contributed by atoms with Crippen LogP contribution >= 0.6 is 23.8 Å². The molecule has 66 valence electrons. The van der Waals surface area contributed by atoms with E-state index in [1.165, 1.54) is 11.5 Å². The molecule has 6 heteroatoms. The first kappa shape index (κ1) is 8.46. The van der Waals surface area contributed by atoms with Gasteiger partial charge >= 0.3 is 0 Å². The number of rotatable bonds is 1. The highest BCUT2D eigenvalue weighted by molar-refractivity contribution is 7.73. The molecule has 0 aliphatic carbocycles. The number of hydrogen-bond donors (Lipinski definition) is 1. The van der Waals surface area contributed by atoms with Gasteiger partial charge in [0.2, 0.25) is 0 Å². The second-order valence-electron chi connectivity index (χ2n) is 2.45. The minimum atomic E-state index is 0.570. The minimum Gasteiger partial charge on any atom is -0.290 e. The highest BCUT2D eigenvalue weighted by atomic mass is 32.2. The molecule has 2 heterocycles. The van der Waals surface area contributed by atoms with Crippen LogP contribution in [-0.2, 0) is 0 Å². The second kappa shape index (κ2) is 3.31. The minimum absolute atomic E-state index is 0.570. The summed E-state index contributed by atoms with van der Waals surface area (Å²) in [6.45, 7) is 1.91. The Kier molecular flexibility index (Phi) is 2.15. The van der Waals surface area contributed by atoms with Gasteiger partial charge in [0.15, 0.2) is 15.6 Å². The highest BCUT2D eigenvalue weighted by Crippen LogP contribution is 2.10. The third kappa shape index (κ3) is 1.78. The zero-order chi connectivity index (χ0) is 9.26. The van der Waals surface area contributed by atoms with Crippen molar-refractivity contribution in [1.29, 1.82) is 0 Å². The van der Waals surface area contributed by atoms with Gasteiger partial charge in [0.1, 0.15) is 0 Å². The van der Waals surface area contributed by atoms with Gasteiger partial charge in [-0.05, 0) is 36.7 Å². The number of aromatic nitrogens is 4. The number of aromatic amines is 1. The van der Waals surface area contributed by atoms with E-state index in [1.807, 2.05) is 13.0 Å². The molecular formula is C7H6N4S2. The van der Waals surface area contributed by atoms with Crippen molar-refractivity contribution >= 4 is 23.8 Å². The molecule has 0 saturated heterocycles. The van der Waals surface area contributed by atoms with E-state index in [-0.39, 0.29) is 0 Å². The van der Waals surface area contributed by atoms with Crippen molar-refractivity contribution in [2.75, 3.05) is 0 Å². The van der Waals surface area contributed by atoms with Crippen LogP contribution in [0.15, 0.2) is 12.3 Å². The van der Waals surface area contributed by atoms with Gasteiger partial charge in [-0.2, -0.15) is 0 Å². The standard InChI is InChI=1S/C7H6N4S2/c1-4-2-3-8-5(9-4)6-10-7(12)13-11-6/h2-3H,1H3,(H,10,11,12). The Balaban J connectivity index is 2.52. The first-order valence-corrected chi connectivity index (χ1v) is 4.84. The molecule has 0 amide bonds. The number of hydrogen-bond acceptors (Lipinski definition) is 5. The summed E-state index contributed by atoms with van der Waals surface area (Å²) in [7, 11) is 0. The van der Waals surface area contributed by atoms with E-state index in [9.17, 15) is 0 Å². The van der Waals surface area contributed by atoms with Gasteiger partial charge < -0.3 is 0 Å². The molecule has 2 aromatic rings. The Morgan fingerprint density at radius 3 is 2.92 bits per heavy atom. The van der Waals surface area contributed by atoms with Crippen molar-refractivity contribution in [2.24, 2.45) is 0 Å². The Bertz CT molecular complexity index is 473. The number of H-pyrrole nitrogens is 1.